The average Bonchev–Trinajstić information content (AvgIpc) is 3.56. The zero-order valence-electron chi connectivity index (χ0n) is 29.2. The molecule has 16 atom stereocenters. The number of carbonyl (C=O) groups excluding carboxylic acids is 1. The van der Waals surface area contributed by atoms with E-state index in [4.69, 9.17) is 23.7 Å². The van der Waals surface area contributed by atoms with Gasteiger partial charge in [-0.2, -0.15) is 0 Å². The van der Waals surface area contributed by atoms with E-state index in [1.165, 1.54) is 19.8 Å². The summed E-state index contributed by atoms with van der Waals surface area (Å²) >= 11 is 0. The Hall–Kier alpha value is -0.810. The van der Waals surface area contributed by atoms with Gasteiger partial charge < -0.3 is 39.0 Å². The van der Waals surface area contributed by atoms with Crippen LogP contribution in [0.1, 0.15) is 113 Å². The van der Waals surface area contributed by atoms with Crippen molar-refractivity contribution >= 4 is 5.97 Å². The quantitative estimate of drug-likeness (QED) is 0.200. The maximum absolute atomic E-state index is 12.8. The molecule has 46 heavy (non-hydrogen) atoms. The number of hydrogen-bond donors (Lipinski definition) is 3. The van der Waals surface area contributed by atoms with Crippen molar-refractivity contribution in [2.24, 2.45) is 50.7 Å². The van der Waals surface area contributed by atoms with Crippen LogP contribution in [0.5, 0.6) is 0 Å². The fourth-order valence-corrected chi connectivity index (χ4v) is 13.4. The van der Waals surface area contributed by atoms with Crippen LogP contribution in [0.4, 0.5) is 0 Å². The first-order chi connectivity index (χ1) is 21.6. The summed E-state index contributed by atoms with van der Waals surface area (Å²) in [6, 6.07) is 0. The number of esters is 1. The minimum Gasteiger partial charge on any atom is -0.462 e. The van der Waals surface area contributed by atoms with E-state index in [1.807, 2.05) is 0 Å². The minimum absolute atomic E-state index is 0.0640. The fourth-order valence-electron chi connectivity index (χ4n) is 13.4. The summed E-state index contributed by atoms with van der Waals surface area (Å²) in [5.74, 6) is 1.34. The maximum Gasteiger partial charge on any atom is 0.302 e. The molecule has 2 saturated heterocycles. The molecule has 0 bridgehead atoms. The van der Waals surface area contributed by atoms with Gasteiger partial charge in [-0.3, -0.25) is 4.79 Å². The van der Waals surface area contributed by atoms with Crippen LogP contribution >= 0.6 is 0 Å². The molecule has 3 N–H and O–H groups in total. The molecule has 7 aliphatic rings. The number of unbranched alkanes of at least 4 members (excludes halogenated alkanes) is 1. The molecule has 2 aliphatic heterocycles. The first kappa shape index (κ1) is 33.7. The van der Waals surface area contributed by atoms with Crippen molar-refractivity contribution in [1.29, 1.82) is 0 Å². The van der Waals surface area contributed by atoms with Gasteiger partial charge in [0.1, 0.15) is 24.4 Å². The van der Waals surface area contributed by atoms with E-state index in [1.54, 1.807) is 0 Å². The van der Waals surface area contributed by atoms with Crippen LogP contribution in [-0.2, 0) is 28.5 Å². The van der Waals surface area contributed by atoms with Crippen molar-refractivity contribution in [1.82, 2.24) is 0 Å². The number of fused-ring (bicyclic) bond motifs is 4. The SMILES string of the molecule is CCCCO[C@H]1C[C@@H](C)[C@H]2C(C[C@@]3(C)[C@@H]4C[C@H](OC(C)=O)[C@H]5C(C)(C)[C@@H](O[C@@H]6OC[C@@H](O)[C@H](O)[C@H]6O)CC[C@@]56C[C@@]46CC[C@]23C)O1. The van der Waals surface area contributed by atoms with E-state index in [2.05, 4.69) is 41.5 Å². The Morgan fingerprint density at radius 1 is 0.978 bits per heavy atom. The van der Waals surface area contributed by atoms with Crippen LogP contribution in [0, 0.1) is 50.7 Å². The molecule has 7 rings (SSSR count). The summed E-state index contributed by atoms with van der Waals surface area (Å²) in [5, 5.41) is 31.0. The molecule has 1 unspecified atom stereocenters. The Morgan fingerprint density at radius 2 is 1.74 bits per heavy atom. The van der Waals surface area contributed by atoms with E-state index in [-0.39, 0.29) is 70.2 Å². The van der Waals surface area contributed by atoms with Crippen LogP contribution in [0.2, 0.25) is 0 Å². The molecular formula is C37H60O9. The Bertz CT molecular complexity index is 1180. The number of aliphatic hydroxyl groups excluding tert-OH is 3. The summed E-state index contributed by atoms with van der Waals surface area (Å²) in [6.07, 6.45) is 5.18. The fraction of sp³-hybridized carbons (Fsp3) is 0.973. The largest absolute Gasteiger partial charge is 0.462 e. The molecule has 9 heteroatoms. The minimum atomic E-state index is -1.33. The summed E-state index contributed by atoms with van der Waals surface area (Å²) in [6.45, 7) is 16.4. The Morgan fingerprint density at radius 3 is 2.46 bits per heavy atom. The van der Waals surface area contributed by atoms with Crippen LogP contribution in [0.3, 0.4) is 0 Å². The Kier molecular flexibility index (Phi) is 8.32. The van der Waals surface area contributed by atoms with E-state index >= 15 is 0 Å². The lowest BCUT2D eigenvalue weighted by atomic mass is 9.41. The lowest BCUT2D eigenvalue weighted by molar-refractivity contribution is -0.307. The van der Waals surface area contributed by atoms with Crippen LogP contribution in [0.15, 0.2) is 0 Å². The van der Waals surface area contributed by atoms with Crippen LogP contribution < -0.4 is 0 Å². The van der Waals surface area contributed by atoms with Gasteiger partial charge in [-0.1, -0.05) is 48.0 Å². The van der Waals surface area contributed by atoms with Gasteiger partial charge in [-0.15, -0.1) is 0 Å². The third-order valence-corrected chi connectivity index (χ3v) is 15.4. The number of aliphatic hydroxyl groups is 3. The van der Waals surface area contributed by atoms with Crippen molar-refractivity contribution in [2.45, 2.75) is 162 Å². The van der Waals surface area contributed by atoms with Crippen molar-refractivity contribution in [2.75, 3.05) is 13.2 Å². The number of hydrogen-bond acceptors (Lipinski definition) is 9. The van der Waals surface area contributed by atoms with Crippen molar-refractivity contribution < 1.29 is 43.8 Å². The highest BCUT2D eigenvalue weighted by molar-refractivity contribution is 5.66. The van der Waals surface area contributed by atoms with Crippen LogP contribution in [-0.4, -0.2) is 83.7 Å². The van der Waals surface area contributed by atoms with E-state index in [0.717, 1.165) is 58.0 Å². The van der Waals surface area contributed by atoms with E-state index in [0.29, 0.717) is 17.8 Å². The summed E-state index contributed by atoms with van der Waals surface area (Å²) in [4.78, 5) is 12.8. The number of ether oxygens (including phenoxy) is 5. The summed E-state index contributed by atoms with van der Waals surface area (Å²) in [7, 11) is 0. The molecule has 5 saturated carbocycles. The molecule has 0 aromatic carbocycles. The highest BCUT2D eigenvalue weighted by Gasteiger charge is 2.85. The first-order valence-corrected chi connectivity index (χ1v) is 18.4. The standard InChI is InChI=1S/C37H60O9/c1-8-9-14-42-27-15-20(2)28-24(45-27)17-35(7)25-16-23(44-21(3)38)31-33(4,5)26(46-32-30(41)29(40)22(39)18-43-32)10-11-37(31)19-36(25,37)13-12-34(28,35)6/h20,22-32,39-41H,8-19H2,1-7H3/t20-,22-,23+,24?,25+,26+,27-,28+,29+,30-,31+,32+,34-,35+,36+,37-/m1/s1. The second kappa shape index (κ2) is 11.4. The van der Waals surface area contributed by atoms with Crippen molar-refractivity contribution in [3.05, 3.63) is 0 Å². The molecule has 9 nitrogen and oxygen atoms in total. The smallest absolute Gasteiger partial charge is 0.302 e. The van der Waals surface area contributed by atoms with Crippen LogP contribution in [0.25, 0.3) is 0 Å². The molecule has 2 heterocycles. The topological polar surface area (TPSA) is 124 Å². The highest BCUT2D eigenvalue weighted by atomic mass is 16.7. The van der Waals surface area contributed by atoms with Gasteiger partial charge in [-0.05, 0) is 96.2 Å². The lowest BCUT2D eigenvalue weighted by Crippen LogP contribution is -2.63. The molecule has 7 fully saturated rings. The third-order valence-electron chi connectivity index (χ3n) is 15.4. The predicted octanol–water partition coefficient (Wildman–Crippen LogP) is 4.97. The Balaban J connectivity index is 1.18. The molecule has 2 spiro atoms. The summed E-state index contributed by atoms with van der Waals surface area (Å²) in [5.41, 5.74) is 0.114. The van der Waals surface area contributed by atoms with Gasteiger partial charge in [0, 0.05) is 25.9 Å². The van der Waals surface area contributed by atoms with Gasteiger partial charge in [0.05, 0.1) is 18.8 Å². The monoisotopic (exact) mass is 648 g/mol. The third kappa shape index (κ3) is 4.61. The first-order valence-electron chi connectivity index (χ1n) is 18.4. The molecular weight excluding hydrogens is 588 g/mol. The highest BCUT2D eigenvalue weighted by Crippen LogP contribution is 2.89. The second-order valence-electron chi connectivity index (χ2n) is 17.7. The van der Waals surface area contributed by atoms with Gasteiger partial charge >= 0.3 is 5.97 Å². The molecule has 0 aromatic rings. The maximum atomic E-state index is 12.8. The van der Waals surface area contributed by atoms with Gasteiger partial charge in [0.15, 0.2) is 12.6 Å². The van der Waals surface area contributed by atoms with Crippen molar-refractivity contribution in [3.63, 3.8) is 0 Å². The molecule has 0 aromatic heterocycles. The van der Waals surface area contributed by atoms with E-state index in [9.17, 15) is 20.1 Å². The lowest BCUT2D eigenvalue weighted by Gasteiger charge is -2.64. The normalized spacial score (nSPS) is 55.3. The van der Waals surface area contributed by atoms with Gasteiger partial charge in [-0.25, -0.2) is 0 Å². The average molecular weight is 649 g/mol. The van der Waals surface area contributed by atoms with Crippen molar-refractivity contribution in [3.8, 4) is 0 Å². The van der Waals surface area contributed by atoms with Gasteiger partial charge in [0.2, 0.25) is 0 Å². The zero-order valence-corrected chi connectivity index (χ0v) is 29.2. The predicted molar refractivity (Wildman–Crippen MR) is 169 cm³/mol. The van der Waals surface area contributed by atoms with Gasteiger partial charge in [0.25, 0.3) is 0 Å². The molecule has 0 amide bonds. The zero-order chi connectivity index (χ0) is 33.0. The molecule has 262 valence electrons. The number of carbonyl (C=O) groups is 1. The molecule has 5 aliphatic carbocycles. The molecule has 0 radical (unpaired) electrons. The second-order valence-corrected chi connectivity index (χ2v) is 17.7. The van der Waals surface area contributed by atoms with E-state index < -0.39 is 24.6 Å². The summed E-state index contributed by atoms with van der Waals surface area (Å²) < 4.78 is 31.6. The number of rotatable bonds is 7. The Labute approximate surface area is 275 Å².